The summed E-state index contributed by atoms with van der Waals surface area (Å²) in [5, 5.41) is 32.1. The summed E-state index contributed by atoms with van der Waals surface area (Å²) < 4.78 is 1.75. The van der Waals surface area contributed by atoms with Gasteiger partial charge >= 0.3 is 12.1 Å². The van der Waals surface area contributed by atoms with Crippen LogP contribution >= 0.6 is 15.9 Å². The zero-order valence-corrected chi connectivity index (χ0v) is 18.6. The minimum Gasteiger partial charge on any atom is -0.479 e. The number of piperidine rings is 1. The van der Waals surface area contributed by atoms with E-state index in [0.717, 1.165) is 4.90 Å². The second-order valence-corrected chi connectivity index (χ2v) is 9.77. The SMILES string of the molecule is CC(C)(C)n1nnnc1-c1cc(C(N)=O)cc(Br)c1[C@]1(C(=O)O)C[C@H]2C[C@H]2N1C(=O)O. The van der Waals surface area contributed by atoms with Crippen molar-refractivity contribution in [3.63, 3.8) is 0 Å². The molecule has 0 spiro atoms. The van der Waals surface area contributed by atoms with Gasteiger partial charge in [0.25, 0.3) is 0 Å². The molecule has 4 N–H and O–H groups in total. The van der Waals surface area contributed by atoms with E-state index in [1.165, 1.54) is 16.8 Å². The Bertz CT molecular complexity index is 1130. The van der Waals surface area contributed by atoms with Crippen molar-refractivity contribution in [1.29, 1.82) is 0 Å². The first kappa shape index (κ1) is 21.2. The van der Waals surface area contributed by atoms with Crippen LogP contribution in [0.3, 0.4) is 0 Å². The fourth-order valence-corrected chi connectivity index (χ4v) is 5.29. The highest BCUT2D eigenvalue weighted by Gasteiger charge is 2.67. The molecule has 2 fully saturated rings. The molecular weight excluding hydrogens is 472 g/mol. The van der Waals surface area contributed by atoms with E-state index < -0.39 is 29.0 Å². The van der Waals surface area contributed by atoms with Crippen LogP contribution in [0.15, 0.2) is 16.6 Å². The highest BCUT2D eigenvalue weighted by Crippen LogP contribution is 2.59. The third-order valence-electron chi connectivity index (χ3n) is 5.88. The number of aliphatic carboxylic acids is 1. The first-order chi connectivity index (χ1) is 14.4. The smallest absolute Gasteiger partial charge is 0.408 e. The summed E-state index contributed by atoms with van der Waals surface area (Å²) in [5.41, 5.74) is 3.58. The maximum absolute atomic E-state index is 12.7. The number of tetrazole rings is 1. The van der Waals surface area contributed by atoms with Crippen LogP contribution in [0.1, 0.15) is 49.5 Å². The number of amides is 2. The van der Waals surface area contributed by atoms with E-state index in [1.807, 2.05) is 20.8 Å². The Kier molecular flexibility index (Phi) is 4.61. The largest absolute Gasteiger partial charge is 0.479 e. The van der Waals surface area contributed by atoms with Gasteiger partial charge < -0.3 is 15.9 Å². The monoisotopic (exact) mass is 492 g/mol. The van der Waals surface area contributed by atoms with Gasteiger partial charge in [0.15, 0.2) is 11.4 Å². The lowest BCUT2D eigenvalue weighted by molar-refractivity contribution is -0.150. The average molecular weight is 493 g/mol. The number of primary amides is 1. The number of nitrogens with zero attached hydrogens (tertiary/aromatic N) is 5. The maximum Gasteiger partial charge on any atom is 0.408 e. The van der Waals surface area contributed by atoms with Gasteiger partial charge in [-0.2, -0.15) is 0 Å². The molecule has 3 atom stereocenters. The molecule has 2 aromatic rings. The number of hydrogen-bond acceptors (Lipinski definition) is 6. The van der Waals surface area contributed by atoms with Crippen LogP contribution in [0.25, 0.3) is 11.4 Å². The van der Waals surface area contributed by atoms with Crippen molar-refractivity contribution in [2.45, 2.75) is 50.7 Å². The van der Waals surface area contributed by atoms with Crippen LogP contribution < -0.4 is 5.73 Å². The number of carbonyl (C=O) groups is 3. The third kappa shape index (κ3) is 3.08. The van der Waals surface area contributed by atoms with Crippen molar-refractivity contribution >= 4 is 33.9 Å². The molecule has 1 aliphatic heterocycles. The summed E-state index contributed by atoms with van der Waals surface area (Å²) in [5.74, 6) is -1.87. The zero-order chi connectivity index (χ0) is 22.9. The van der Waals surface area contributed by atoms with E-state index in [-0.39, 0.29) is 45.4 Å². The third-order valence-corrected chi connectivity index (χ3v) is 6.51. The minimum atomic E-state index is -1.86. The van der Waals surface area contributed by atoms with E-state index >= 15 is 0 Å². The lowest BCUT2D eigenvalue weighted by atomic mass is 9.81. The number of benzene rings is 1. The van der Waals surface area contributed by atoms with Crippen LogP contribution in [-0.2, 0) is 15.9 Å². The Labute approximate surface area is 185 Å². The molecule has 1 saturated carbocycles. The molecule has 11 nitrogen and oxygen atoms in total. The summed E-state index contributed by atoms with van der Waals surface area (Å²) in [4.78, 5) is 37.8. The van der Waals surface area contributed by atoms with E-state index in [2.05, 4.69) is 31.5 Å². The summed E-state index contributed by atoms with van der Waals surface area (Å²) in [7, 11) is 0. The van der Waals surface area contributed by atoms with Gasteiger partial charge in [-0.25, -0.2) is 14.3 Å². The predicted molar refractivity (Wildman–Crippen MR) is 110 cm³/mol. The molecular formula is C19H21BrN6O5. The van der Waals surface area contributed by atoms with Crippen molar-refractivity contribution in [2.75, 3.05) is 0 Å². The van der Waals surface area contributed by atoms with Gasteiger partial charge in [0.2, 0.25) is 5.91 Å². The van der Waals surface area contributed by atoms with Crippen LogP contribution in [-0.4, -0.2) is 59.3 Å². The number of rotatable bonds is 4. The number of aromatic nitrogens is 4. The van der Waals surface area contributed by atoms with Gasteiger partial charge in [-0.1, -0.05) is 15.9 Å². The molecule has 2 heterocycles. The van der Waals surface area contributed by atoms with Gasteiger partial charge in [-0.3, -0.25) is 9.69 Å². The van der Waals surface area contributed by atoms with E-state index in [9.17, 15) is 24.6 Å². The molecule has 164 valence electrons. The summed E-state index contributed by atoms with van der Waals surface area (Å²) in [6, 6.07) is 2.45. The Hall–Kier alpha value is -3.02. The van der Waals surface area contributed by atoms with E-state index in [4.69, 9.17) is 5.73 Å². The number of carboxylic acids is 1. The van der Waals surface area contributed by atoms with Crippen molar-refractivity contribution < 1.29 is 24.6 Å². The molecule has 1 aliphatic carbocycles. The first-order valence-corrected chi connectivity index (χ1v) is 10.4. The number of carboxylic acid groups (broad SMARTS) is 2. The fraction of sp³-hybridized carbons (Fsp3) is 0.474. The number of hydrogen-bond donors (Lipinski definition) is 3. The standard InChI is InChI=1S/C19H21BrN6O5/c1-18(2,3)26-15(22-23-24-26)10-4-8(14(21)27)5-11(20)13(10)19(16(28)29)7-9-6-12(9)25(19)17(30)31/h4-5,9,12H,6-7H2,1-3H3,(H2,21,27)(H,28,29)(H,30,31)/t9-,12-,19+/m1/s1. The second-order valence-electron chi connectivity index (χ2n) is 8.92. The number of likely N-dealkylation sites (tertiary alicyclic amines) is 1. The summed E-state index contributed by atoms with van der Waals surface area (Å²) in [6.07, 6.45) is -0.592. The fourth-order valence-electron chi connectivity index (χ4n) is 4.51. The molecule has 1 saturated heterocycles. The molecule has 0 radical (unpaired) electrons. The van der Waals surface area contributed by atoms with Gasteiger partial charge in [0.05, 0.1) is 5.54 Å². The Balaban J connectivity index is 2.08. The average Bonchev–Trinajstić information content (AvgIpc) is 3.09. The summed E-state index contributed by atoms with van der Waals surface area (Å²) in [6.45, 7) is 5.59. The molecule has 4 rings (SSSR count). The lowest BCUT2D eigenvalue weighted by Crippen LogP contribution is -2.53. The number of carbonyl (C=O) groups excluding carboxylic acids is 1. The molecule has 1 aromatic carbocycles. The number of halogens is 1. The molecule has 31 heavy (non-hydrogen) atoms. The van der Waals surface area contributed by atoms with Gasteiger partial charge in [-0.15, -0.1) is 5.10 Å². The van der Waals surface area contributed by atoms with Crippen molar-refractivity contribution in [1.82, 2.24) is 25.1 Å². The normalized spacial score (nSPS) is 24.7. The minimum absolute atomic E-state index is 0.0543. The van der Waals surface area contributed by atoms with E-state index in [1.54, 1.807) is 0 Å². The molecule has 12 heteroatoms. The van der Waals surface area contributed by atoms with Crippen molar-refractivity contribution in [3.8, 4) is 11.4 Å². The van der Waals surface area contributed by atoms with Crippen molar-refractivity contribution in [2.24, 2.45) is 11.7 Å². The second kappa shape index (κ2) is 6.74. The topological polar surface area (TPSA) is 165 Å². The van der Waals surface area contributed by atoms with Crippen LogP contribution in [0.2, 0.25) is 0 Å². The first-order valence-electron chi connectivity index (χ1n) is 9.58. The van der Waals surface area contributed by atoms with Gasteiger partial charge in [-0.05, 0) is 62.1 Å². The maximum atomic E-state index is 12.7. The van der Waals surface area contributed by atoms with Crippen molar-refractivity contribution in [3.05, 3.63) is 27.7 Å². The Morgan fingerprint density at radius 2 is 1.94 bits per heavy atom. The van der Waals surface area contributed by atoms with E-state index in [0.29, 0.717) is 6.42 Å². The van der Waals surface area contributed by atoms with Crippen LogP contribution in [0.4, 0.5) is 4.79 Å². The molecule has 2 amide bonds. The lowest BCUT2D eigenvalue weighted by Gasteiger charge is -2.37. The van der Waals surface area contributed by atoms with Gasteiger partial charge in [0.1, 0.15) is 0 Å². The Morgan fingerprint density at radius 3 is 2.48 bits per heavy atom. The van der Waals surface area contributed by atoms with Gasteiger partial charge in [0, 0.05) is 27.2 Å². The highest BCUT2D eigenvalue weighted by atomic mass is 79.9. The Morgan fingerprint density at radius 1 is 1.26 bits per heavy atom. The summed E-state index contributed by atoms with van der Waals surface area (Å²) >= 11 is 3.38. The zero-order valence-electron chi connectivity index (χ0n) is 17.0. The quantitative estimate of drug-likeness (QED) is 0.582. The molecule has 0 unspecified atom stereocenters. The molecule has 1 aromatic heterocycles. The number of fused-ring (bicyclic) bond motifs is 1. The number of nitrogens with two attached hydrogens (primary N) is 1. The molecule has 2 aliphatic rings. The molecule has 0 bridgehead atoms. The van der Waals surface area contributed by atoms with Crippen LogP contribution in [0, 0.1) is 5.92 Å². The highest BCUT2D eigenvalue weighted by molar-refractivity contribution is 9.10. The van der Waals surface area contributed by atoms with Crippen LogP contribution in [0.5, 0.6) is 0 Å². The predicted octanol–water partition coefficient (Wildman–Crippen LogP) is 2.01.